The number of hydrogen-bond acceptors (Lipinski definition) is 4. The van der Waals surface area contributed by atoms with Crippen molar-refractivity contribution in [1.29, 1.82) is 0 Å². The van der Waals surface area contributed by atoms with Crippen molar-refractivity contribution in [2.24, 2.45) is 0 Å². The van der Waals surface area contributed by atoms with Gasteiger partial charge < -0.3 is 15.0 Å². The van der Waals surface area contributed by atoms with Crippen molar-refractivity contribution in [2.45, 2.75) is 25.9 Å². The number of piperazine rings is 1. The normalized spacial score (nSPS) is 19.3. The summed E-state index contributed by atoms with van der Waals surface area (Å²) in [4.78, 5) is 29.3. The van der Waals surface area contributed by atoms with Crippen LogP contribution in [0, 0.1) is 0 Å². The van der Waals surface area contributed by atoms with Gasteiger partial charge in [-0.05, 0) is 12.0 Å². The minimum Gasteiger partial charge on any atom is -0.481 e. The number of nitrogens with one attached hydrogen (secondary N) is 1. The molecule has 6 nitrogen and oxygen atoms in total. The Kier molecular flexibility index (Phi) is 3.99. The van der Waals surface area contributed by atoms with E-state index in [4.69, 9.17) is 4.74 Å². The van der Waals surface area contributed by atoms with E-state index in [2.05, 4.69) is 10.3 Å². The number of rotatable bonds is 4. The summed E-state index contributed by atoms with van der Waals surface area (Å²) in [6.45, 7) is 2.36. The van der Waals surface area contributed by atoms with Crippen molar-refractivity contribution < 1.29 is 14.3 Å². The molecule has 6 heteroatoms. The van der Waals surface area contributed by atoms with Crippen molar-refractivity contribution in [3.8, 4) is 5.88 Å². The number of nitrogens with zero attached hydrogens (tertiary/aromatic N) is 2. The fraction of sp³-hybridized carbons (Fsp3) is 0.462. The third-order valence-corrected chi connectivity index (χ3v) is 3.07. The molecular formula is C13H17N3O3. The highest BCUT2D eigenvalue weighted by molar-refractivity contribution is 5.94. The number of methoxy groups -OCH3 is 1. The molecule has 1 fully saturated rings. The minimum atomic E-state index is -0.410. The van der Waals surface area contributed by atoms with Gasteiger partial charge in [0.2, 0.25) is 17.7 Å². The number of carbonyl (C=O) groups excluding carboxylic acids is 2. The van der Waals surface area contributed by atoms with Crippen LogP contribution in [0.2, 0.25) is 0 Å². The van der Waals surface area contributed by atoms with Gasteiger partial charge in [0.1, 0.15) is 6.04 Å². The molecule has 1 saturated heterocycles. The lowest BCUT2D eigenvalue weighted by Gasteiger charge is -2.32. The van der Waals surface area contributed by atoms with Crippen LogP contribution in [0.3, 0.4) is 0 Å². The van der Waals surface area contributed by atoms with Crippen LogP contribution >= 0.6 is 0 Å². The van der Waals surface area contributed by atoms with Crippen molar-refractivity contribution in [3.05, 3.63) is 23.9 Å². The van der Waals surface area contributed by atoms with Gasteiger partial charge >= 0.3 is 0 Å². The lowest BCUT2D eigenvalue weighted by atomic mass is 10.1. The van der Waals surface area contributed by atoms with Crippen molar-refractivity contribution >= 4 is 11.8 Å². The van der Waals surface area contributed by atoms with Gasteiger partial charge in [-0.25, -0.2) is 4.98 Å². The maximum atomic E-state index is 12.1. The molecule has 2 amide bonds. The van der Waals surface area contributed by atoms with Gasteiger partial charge in [0.05, 0.1) is 13.7 Å². The Labute approximate surface area is 111 Å². The van der Waals surface area contributed by atoms with Crippen LogP contribution in [0.4, 0.5) is 0 Å². The van der Waals surface area contributed by atoms with Gasteiger partial charge in [-0.1, -0.05) is 13.0 Å². The Morgan fingerprint density at radius 3 is 2.84 bits per heavy atom. The zero-order valence-corrected chi connectivity index (χ0v) is 11.0. The third kappa shape index (κ3) is 3.01. The summed E-state index contributed by atoms with van der Waals surface area (Å²) >= 11 is 0. The van der Waals surface area contributed by atoms with Crippen molar-refractivity contribution in [3.63, 3.8) is 0 Å². The van der Waals surface area contributed by atoms with Crippen LogP contribution < -0.4 is 10.1 Å². The number of carbonyl (C=O) groups is 2. The van der Waals surface area contributed by atoms with Gasteiger partial charge in [-0.3, -0.25) is 9.59 Å². The average Bonchev–Trinajstić information content (AvgIpc) is 2.43. The first-order valence-corrected chi connectivity index (χ1v) is 6.21. The summed E-state index contributed by atoms with van der Waals surface area (Å²) in [5, 5.41) is 2.68. The lowest BCUT2D eigenvalue weighted by molar-refractivity contribution is -0.144. The molecular weight excluding hydrogens is 246 g/mol. The van der Waals surface area contributed by atoms with Crippen LogP contribution in [0.5, 0.6) is 5.88 Å². The molecule has 1 unspecified atom stereocenters. The highest BCUT2D eigenvalue weighted by Crippen LogP contribution is 2.12. The first-order valence-electron chi connectivity index (χ1n) is 6.21. The van der Waals surface area contributed by atoms with Crippen LogP contribution in [0.1, 0.15) is 18.9 Å². The van der Waals surface area contributed by atoms with E-state index in [-0.39, 0.29) is 18.4 Å². The molecule has 1 N–H and O–H groups in total. The third-order valence-electron chi connectivity index (χ3n) is 3.07. The molecule has 1 aliphatic rings. The van der Waals surface area contributed by atoms with Gasteiger partial charge in [0.15, 0.2) is 0 Å². The zero-order valence-electron chi connectivity index (χ0n) is 11.0. The first kappa shape index (κ1) is 13.3. The molecule has 0 aromatic carbocycles. The molecule has 0 spiro atoms. The molecule has 2 heterocycles. The van der Waals surface area contributed by atoms with E-state index in [0.717, 1.165) is 5.56 Å². The van der Waals surface area contributed by atoms with E-state index < -0.39 is 6.04 Å². The fourth-order valence-electron chi connectivity index (χ4n) is 2.03. The first-order chi connectivity index (χ1) is 9.13. The van der Waals surface area contributed by atoms with Gasteiger partial charge in [0.25, 0.3) is 0 Å². The second-order valence-corrected chi connectivity index (χ2v) is 4.43. The SMILES string of the molecule is CCC1NC(=O)CN(Cc2ccc(OC)nc2)C1=O. The Bertz CT molecular complexity index is 473. The van der Waals surface area contributed by atoms with Crippen molar-refractivity contribution in [1.82, 2.24) is 15.2 Å². The predicted octanol–water partition coefficient (Wildman–Crippen LogP) is 0.327. The Morgan fingerprint density at radius 1 is 1.47 bits per heavy atom. The highest BCUT2D eigenvalue weighted by Gasteiger charge is 2.31. The summed E-state index contributed by atoms with van der Waals surface area (Å²) < 4.78 is 4.98. The summed E-state index contributed by atoms with van der Waals surface area (Å²) in [6.07, 6.45) is 2.25. The Balaban J connectivity index is 2.07. The molecule has 1 aromatic rings. The maximum Gasteiger partial charge on any atom is 0.245 e. The summed E-state index contributed by atoms with van der Waals surface area (Å²) in [5.41, 5.74) is 0.874. The lowest BCUT2D eigenvalue weighted by Crippen LogP contribution is -2.57. The van der Waals surface area contributed by atoms with Crippen LogP contribution in [0.15, 0.2) is 18.3 Å². The number of aromatic nitrogens is 1. The Hall–Kier alpha value is -2.11. The highest BCUT2D eigenvalue weighted by atomic mass is 16.5. The van der Waals surface area contributed by atoms with E-state index in [0.29, 0.717) is 18.8 Å². The number of ether oxygens (including phenoxy) is 1. The van der Waals surface area contributed by atoms with Crippen LogP contribution in [-0.2, 0) is 16.1 Å². The van der Waals surface area contributed by atoms with E-state index in [1.165, 1.54) is 0 Å². The molecule has 1 aliphatic heterocycles. The van der Waals surface area contributed by atoms with E-state index in [1.807, 2.05) is 13.0 Å². The minimum absolute atomic E-state index is 0.0436. The average molecular weight is 263 g/mol. The molecule has 0 radical (unpaired) electrons. The van der Waals surface area contributed by atoms with Crippen LogP contribution in [0.25, 0.3) is 0 Å². The molecule has 1 atom stereocenters. The zero-order chi connectivity index (χ0) is 13.8. The molecule has 19 heavy (non-hydrogen) atoms. The summed E-state index contributed by atoms with van der Waals surface area (Å²) in [6, 6.07) is 3.17. The molecule has 0 bridgehead atoms. The largest absolute Gasteiger partial charge is 0.481 e. The van der Waals surface area contributed by atoms with E-state index in [1.54, 1.807) is 24.3 Å². The fourth-order valence-corrected chi connectivity index (χ4v) is 2.03. The number of hydrogen-bond donors (Lipinski definition) is 1. The van der Waals surface area contributed by atoms with Crippen molar-refractivity contribution in [2.75, 3.05) is 13.7 Å². The second kappa shape index (κ2) is 5.69. The predicted molar refractivity (Wildman–Crippen MR) is 68.4 cm³/mol. The van der Waals surface area contributed by atoms with Crippen LogP contribution in [-0.4, -0.2) is 41.4 Å². The monoisotopic (exact) mass is 263 g/mol. The molecule has 102 valence electrons. The summed E-state index contributed by atoms with van der Waals surface area (Å²) in [7, 11) is 1.55. The smallest absolute Gasteiger partial charge is 0.245 e. The van der Waals surface area contributed by atoms with E-state index >= 15 is 0 Å². The molecule has 2 rings (SSSR count). The molecule has 0 saturated carbocycles. The number of pyridine rings is 1. The topological polar surface area (TPSA) is 71.5 Å². The van der Waals surface area contributed by atoms with E-state index in [9.17, 15) is 9.59 Å². The Morgan fingerprint density at radius 2 is 2.26 bits per heavy atom. The quantitative estimate of drug-likeness (QED) is 0.849. The molecule has 1 aromatic heterocycles. The summed E-state index contributed by atoms with van der Waals surface area (Å²) in [5.74, 6) is 0.365. The second-order valence-electron chi connectivity index (χ2n) is 4.43. The molecule has 0 aliphatic carbocycles. The standard InChI is InChI=1S/C13H17N3O3/c1-3-10-13(18)16(8-11(17)15-10)7-9-4-5-12(19-2)14-6-9/h4-6,10H,3,7-8H2,1-2H3,(H,15,17). The van der Waals surface area contributed by atoms with Gasteiger partial charge in [-0.2, -0.15) is 0 Å². The van der Waals surface area contributed by atoms with Gasteiger partial charge in [0, 0.05) is 18.8 Å². The number of amides is 2. The van der Waals surface area contributed by atoms with Gasteiger partial charge in [-0.15, -0.1) is 0 Å². The maximum absolute atomic E-state index is 12.1.